The molecule has 0 spiro atoms. The van der Waals surface area contributed by atoms with Crippen molar-refractivity contribution in [2.75, 3.05) is 20.2 Å². The van der Waals surface area contributed by atoms with Gasteiger partial charge in [0.2, 0.25) is 10.0 Å². The van der Waals surface area contributed by atoms with Gasteiger partial charge in [-0.3, -0.25) is 9.59 Å². The Bertz CT molecular complexity index is 1300. The highest BCUT2D eigenvalue weighted by Crippen LogP contribution is 2.21. The van der Waals surface area contributed by atoms with Crippen molar-refractivity contribution in [2.45, 2.75) is 24.3 Å². The molecular weight excluding hydrogens is 438 g/mol. The fraction of sp³-hybridized carbons (Fsp3) is 0.286. The third-order valence-corrected chi connectivity index (χ3v) is 8.08. The Labute approximate surface area is 183 Å². The molecule has 1 saturated heterocycles. The number of sulfonamides is 1. The molecule has 0 saturated carbocycles. The van der Waals surface area contributed by atoms with Crippen LogP contribution in [-0.2, 0) is 26.1 Å². The Kier molecular flexibility index (Phi) is 6.03. The first kappa shape index (κ1) is 21.4. The number of methoxy groups -OCH3 is 1. The fourth-order valence-corrected chi connectivity index (χ4v) is 6.00. The van der Waals surface area contributed by atoms with E-state index in [1.807, 2.05) is 24.3 Å². The lowest BCUT2D eigenvalue weighted by atomic mass is 10.2. The molecule has 162 valence electrons. The van der Waals surface area contributed by atoms with Crippen molar-refractivity contribution in [1.29, 1.82) is 0 Å². The number of nitrogens with zero attached hydrogens (tertiary/aromatic N) is 3. The molecule has 1 aliphatic rings. The van der Waals surface area contributed by atoms with Crippen molar-refractivity contribution in [1.82, 2.24) is 8.87 Å². The van der Waals surface area contributed by atoms with Crippen LogP contribution < -0.4 is 4.80 Å². The summed E-state index contributed by atoms with van der Waals surface area (Å²) in [4.78, 5) is 29.3. The third-order valence-electron chi connectivity index (χ3n) is 5.10. The number of hydrogen-bond acceptors (Lipinski definition) is 6. The van der Waals surface area contributed by atoms with E-state index < -0.39 is 21.9 Å². The molecule has 1 amide bonds. The first-order chi connectivity index (χ1) is 14.9. The molecule has 0 unspecified atom stereocenters. The molecule has 0 aliphatic carbocycles. The van der Waals surface area contributed by atoms with E-state index in [-0.39, 0.29) is 17.0 Å². The van der Waals surface area contributed by atoms with Crippen molar-refractivity contribution in [3.8, 4) is 0 Å². The molecule has 0 radical (unpaired) electrons. The first-order valence-corrected chi connectivity index (χ1v) is 12.0. The van der Waals surface area contributed by atoms with E-state index in [0.29, 0.717) is 17.9 Å². The minimum absolute atomic E-state index is 0.0698. The van der Waals surface area contributed by atoms with Gasteiger partial charge in [0.15, 0.2) is 4.80 Å². The lowest BCUT2D eigenvalue weighted by Crippen LogP contribution is -2.27. The molecule has 3 aromatic rings. The zero-order valence-corrected chi connectivity index (χ0v) is 18.5. The van der Waals surface area contributed by atoms with Gasteiger partial charge in [0.25, 0.3) is 5.91 Å². The maximum Gasteiger partial charge on any atom is 0.325 e. The second-order valence-electron chi connectivity index (χ2n) is 7.07. The normalized spacial score (nSPS) is 15.5. The van der Waals surface area contributed by atoms with Crippen LogP contribution in [0, 0.1) is 0 Å². The van der Waals surface area contributed by atoms with Gasteiger partial charge >= 0.3 is 5.97 Å². The number of aromatic nitrogens is 1. The molecule has 2 heterocycles. The number of fused-ring (bicyclic) bond motifs is 1. The van der Waals surface area contributed by atoms with Gasteiger partial charge in [-0.05, 0) is 49.2 Å². The zero-order chi connectivity index (χ0) is 22.0. The van der Waals surface area contributed by atoms with E-state index in [2.05, 4.69) is 4.99 Å². The van der Waals surface area contributed by atoms with Crippen molar-refractivity contribution in [3.05, 3.63) is 58.9 Å². The Balaban J connectivity index is 1.67. The van der Waals surface area contributed by atoms with Crippen molar-refractivity contribution in [2.24, 2.45) is 4.99 Å². The Morgan fingerprint density at radius 1 is 1.06 bits per heavy atom. The van der Waals surface area contributed by atoms with Gasteiger partial charge in [0.05, 0.1) is 22.2 Å². The van der Waals surface area contributed by atoms with E-state index in [9.17, 15) is 18.0 Å². The monoisotopic (exact) mass is 459 g/mol. The van der Waals surface area contributed by atoms with Crippen molar-refractivity contribution < 1.29 is 22.7 Å². The van der Waals surface area contributed by atoms with E-state index in [0.717, 1.165) is 23.1 Å². The molecule has 8 nitrogen and oxygen atoms in total. The molecule has 0 atom stereocenters. The van der Waals surface area contributed by atoms with Crippen LogP contribution in [0.25, 0.3) is 10.2 Å². The summed E-state index contributed by atoms with van der Waals surface area (Å²) in [6.45, 7) is 0.967. The average molecular weight is 460 g/mol. The van der Waals surface area contributed by atoms with Gasteiger partial charge in [0.1, 0.15) is 6.54 Å². The van der Waals surface area contributed by atoms with Crippen LogP contribution in [0.1, 0.15) is 23.2 Å². The van der Waals surface area contributed by atoms with E-state index >= 15 is 0 Å². The second-order valence-corrected chi connectivity index (χ2v) is 10.0. The number of hydrogen-bond donors (Lipinski definition) is 0. The molecule has 0 bridgehead atoms. The summed E-state index contributed by atoms with van der Waals surface area (Å²) >= 11 is 1.29. The highest BCUT2D eigenvalue weighted by Gasteiger charge is 2.27. The lowest BCUT2D eigenvalue weighted by Gasteiger charge is -2.15. The number of amides is 1. The second kappa shape index (κ2) is 8.74. The fourth-order valence-electron chi connectivity index (χ4n) is 3.45. The Morgan fingerprint density at radius 2 is 1.74 bits per heavy atom. The molecule has 10 heteroatoms. The summed E-state index contributed by atoms with van der Waals surface area (Å²) in [5.41, 5.74) is 1.04. The molecule has 1 aromatic heterocycles. The molecule has 1 fully saturated rings. The molecule has 31 heavy (non-hydrogen) atoms. The largest absolute Gasteiger partial charge is 0.468 e. The summed E-state index contributed by atoms with van der Waals surface area (Å²) < 4.78 is 34.0. The van der Waals surface area contributed by atoms with Crippen LogP contribution in [0.15, 0.2) is 58.4 Å². The number of thiazole rings is 1. The van der Waals surface area contributed by atoms with Crippen LogP contribution in [0.4, 0.5) is 0 Å². The number of carbonyl (C=O) groups excluding carboxylic acids is 2. The average Bonchev–Trinajstić information content (AvgIpc) is 3.43. The quantitative estimate of drug-likeness (QED) is 0.546. The molecule has 0 N–H and O–H groups in total. The van der Waals surface area contributed by atoms with Gasteiger partial charge in [0, 0.05) is 18.7 Å². The number of benzene rings is 2. The predicted octanol–water partition coefficient (Wildman–Crippen LogP) is 2.40. The minimum atomic E-state index is -3.54. The first-order valence-electron chi connectivity index (χ1n) is 9.74. The number of esters is 1. The van der Waals surface area contributed by atoms with Crippen LogP contribution in [0.2, 0.25) is 0 Å². The van der Waals surface area contributed by atoms with E-state index in [1.165, 1.54) is 47.0 Å². The van der Waals surface area contributed by atoms with Crippen molar-refractivity contribution in [3.63, 3.8) is 0 Å². The number of ether oxygens (including phenoxy) is 1. The van der Waals surface area contributed by atoms with Gasteiger partial charge < -0.3 is 9.30 Å². The molecule has 4 rings (SSSR count). The van der Waals surface area contributed by atoms with Crippen LogP contribution in [0.5, 0.6) is 0 Å². The van der Waals surface area contributed by atoms with E-state index in [1.54, 1.807) is 4.57 Å². The SMILES string of the molecule is COC(=O)Cn1c(=NC(=O)c2ccc(S(=O)(=O)N3CCCC3)cc2)sc2ccccc21. The summed E-state index contributed by atoms with van der Waals surface area (Å²) in [6, 6.07) is 13.2. The number of rotatable bonds is 5. The smallest absolute Gasteiger partial charge is 0.325 e. The summed E-state index contributed by atoms with van der Waals surface area (Å²) in [5.74, 6) is -0.968. The van der Waals surface area contributed by atoms with Gasteiger partial charge in [-0.2, -0.15) is 9.30 Å². The van der Waals surface area contributed by atoms with E-state index in [4.69, 9.17) is 4.74 Å². The third kappa shape index (κ3) is 4.32. The summed E-state index contributed by atoms with van der Waals surface area (Å²) in [6.07, 6.45) is 1.71. The lowest BCUT2D eigenvalue weighted by molar-refractivity contribution is -0.141. The highest BCUT2D eigenvalue weighted by atomic mass is 32.2. The number of carbonyl (C=O) groups is 2. The van der Waals surface area contributed by atoms with Gasteiger partial charge in [-0.1, -0.05) is 23.5 Å². The van der Waals surface area contributed by atoms with Crippen LogP contribution in [0.3, 0.4) is 0 Å². The predicted molar refractivity (Wildman–Crippen MR) is 116 cm³/mol. The Morgan fingerprint density at radius 3 is 2.42 bits per heavy atom. The highest BCUT2D eigenvalue weighted by molar-refractivity contribution is 7.89. The number of para-hydroxylation sites is 1. The molecular formula is C21H21N3O5S2. The minimum Gasteiger partial charge on any atom is -0.468 e. The Hall–Kier alpha value is -2.82. The standard InChI is InChI=1S/C21H21N3O5S2/c1-29-19(25)14-24-17-6-2-3-7-18(17)30-21(24)22-20(26)15-8-10-16(11-9-15)31(27,28)23-12-4-5-13-23/h2-3,6-11H,4-5,12-14H2,1H3. The molecule has 1 aliphatic heterocycles. The van der Waals surface area contributed by atoms with Gasteiger partial charge in [-0.15, -0.1) is 0 Å². The summed E-state index contributed by atoms with van der Waals surface area (Å²) in [5, 5.41) is 0. The zero-order valence-electron chi connectivity index (χ0n) is 16.9. The summed E-state index contributed by atoms with van der Waals surface area (Å²) in [7, 11) is -2.24. The maximum atomic E-state index is 12.8. The van der Waals surface area contributed by atoms with Crippen LogP contribution in [-0.4, -0.2) is 49.4 Å². The van der Waals surface area contributed by atoms with Gasteiger partial charge in [-0.25, -0.2) is 8.42 Å². The molecule has 2 aromatic carbocycles. The topological polar surface area (TPSA) is 98.0 Å². The van der Waals surface area contributed by atoms with Crippen molar-refractivity contribution >= 4 is 43.5 Å². The van der Waals surface area contributed by atoms with Crippen LogP contribution >= 0.6 is 11.3 Å². The maximum absolute atomic E-state index is 12.8.